The lowest BCUT2D eigenvalue weighted by Crippen LogP contribution is -2.03. The SMILES string of the molecule is N#CC(=Cc1c(Cl)cccc1Cl)S(=O)(=O)c1ccccc1. The van der Waals surface area contributed by atoms with Crippen molar-refractivity contribution in [3.63, 3.8) is 0 Å². The number of rotatable bonds is 3. The second-order valence-corrected chi connectivity index (χ2v) is 6.80. The fourth-order valence-electron chi connectivity index (χ4n) is 1.68. The van der Waals surface area contributed by atoms with Crippen LogP contribution in [0.3, 0.4) is 0 Å². The topological polar surface area (TPSA) is 57.9 Å². The third-order valence-corrected chi connectivity index (χ3v) is 5.07. The maximum Gasteiger partial charge on any atom is 0.216 e. The van der Waals surface area contributed by atoms with Crippen molar-refractivity contribution < 1.29 is 8.42 Å². The van der Waals surface area contributed by atoms with Gasteiger partial charge in [0.2, 0.25) is 9.84 Å². The van der Waals surface area contributed by atoms with Crippen LogP contribution in [0.15, 0.2) is 58.3 Å². The van der Waals surface area contributed by atoms with Crippen molar-refractivity contribution >= 4 is 39.1 Å². The van der Waals surface area contributed by atoms with Crippen LogP contribution >= 0.6 is 23.2 Å². The molecule has 2 aromatic carbocycles. The summed E-state index contributed by atoms with van der Waals surface area (Å²) in [5, 5.41) is 9.74. The fraction of sp³-hybridized carbons (Fsp3) is 0. The summed E-state index contributed by atoms with van der Waals surface area (Å²) < 4.78 is 24.8. The molecule has 0 bridgehead atoms. The third kappa shape index (κ3) is 3.27. The first-order valence-electron chi connectivity index (χ1n) is 5.83. The number of nitriles is 1. The maximum absolute atomic E-state index is 12.4. The fourth-order valence-corrected chi connectivity index (χ4v) is 3.35. The number of sulfone groups is 1. The standard InChI is InChI=1S/C15H9Cl2NO2S/c16-14-7-4-8-15(17)13(14)9-12(10-18)21(19,20)11-5-2-1-3-6-11/h1-9H. The molecule has 21 heavy (non-hydrogen) atoms. The molecule has 0 unspecified atom stereocenters. The molecule has 0 aromatic heterocycles. The summed E-state index contributed by atoms with van der Waals surface area (Å²) in [4.78, 5) is -0.371. The number of allylic oxidation sites excluding steroid dienone is 1. The van der Waals surface area contributed by atoms with Crippen molar-refractivity contribution in [2.24, 2.45) is 0 Å². The largest absolute Gasteiger partial charge is 0.218 e. The van der Waals surface area contributed by atoms with E-state index in [1.54, 1.807) is 42.5 Å². The summed E-state index contributed by atoms with van der Waals surface area (Å²) in [5.74, 6) is 0. The zero-order valence-electron chi connectivity index (χ0n) is 10.6. The van der Waals surface area contributed by atoms with Gasteiger partial charge in [0.1, 0.15) is 11.0 Å². The van der Waals surface area contributed by atoms with E-state index in [2.05, 4.69) is 0 Å². The lowest BCUT2D eigenvalue weighted by molar-refractivity contribution is 0.603. The average Bonchev–Trinajstić information content (AvgIpc) is 2.47. The first kappa shape index (κ1) is 15.6. The van der Waals surface area contributed by atoms with E-state index >= 15 is 0 Å². The molecule has 0 heterocycles. The Morgan fingerprint density at radius 3 is 2.10 bits per heavy atom. The zero-order chi connectivity index (χ0) is 15.5. The molecule has 0 fully saturated rings. The van der Waals surface area contributed by atoms with Crippen LogP contribution in [0.5, 0.6) is 0 Å². The molecule has 0 N–H and O–H groups in total. The minimum Gasteiger partial charge on any atom is -0.218 e. The number of benzene rings is 2. The van der Waals surface area contributed by atoms with Crippen LogP contribution < -0.4 is 0 Å². The van der Waals surface area contributed by atoms with Crippen LogP contribution in [-0.4, -0.2) is 8.42 Å². The van der Waals surface area contributed by atoms with Crippen LogP contribution in [-0.2, 0) is 9.84 Å². The number of halogens is 2. The normalized spacial score (nSPS) is 12.0. The van der Waals surface area contributed by atoms with E-state index in [1.807, 2.05) is 0 Å². The Bertz CT molecular complexity index is 817. The molecule has 0 saturated carbocycles. The Balaban J connectivity index is 2.61. The highest BCUT2D eigenvalue weighted by molar-refractivity contribution is 7.95. The van der Waals surface area contributed by atoms with E-state index in [9.17, 15) is 13.7 Å². The van der Waals surface area contributed by atoms with Crippen LogP contribution in [0.4, 0.5) is 0 Å². The monoisotopic (exact) mass is 337 g/mol. The van der Waals surface area contributed by atoms with E-state index in [0.717, 1.165) is 0 Å². The van der Waals surface area contributed by atoms with Gasteiger partial charge in [-0.1, -0.05) is 47.5 Å². The van der Waals surface area contributed by atoms with Crippen LogP contribution in [0.1, 0.15) is 5.56 Å². The van der Waals surface area contributed by atoms with Crippen molar-refractivity contribution in [1.82, 2.24) is 0 Å². The minimum atomic E-state index is -3.90. The van der Waals surface area contributed by atoms with Gasteiger partial charge in [0.25, 0.3) is 0 Å². The Morgan fingerprint density at radius 2 is 1.57 bits per heavy atom. The van der Waals surface area contributed by atoms with E-state index < -0.39 is 14.7 Å². The van der Waals surface area contributed by atoms with E-state index in [0.29, 0.717) is 5.56 Å². The molecule has 0 saturated heterocycles. The second kappa shape index (κ2) is 6.31. The number of hydrogen-bond acceptors (Lipinski definition) is 3. The molecule has 6 heteroatoms. The van der Waals surface area contributed by atoms with E-state index in [-0.39, 0.29) is 14.9 Å². The third-order valence-electron chi connectivity index (χ3n) is 2.73. The highest BCUT2D eigenvalue weighted by Crippen LogP contribution is 2.29. The smallest absolute Gasteiger partial charge is 0.216 e. The van der Waals surface area contributed by atoms with Gasteiger partial charge in [0.05, 0.1) is 4.90 Å². The molecular formula is C15H9Cl2NO2S. The molecule has 0 radical (unpaired) electrons. The summed E-state index contributed by atoms with van der Waals surface area (Å²) >= 11 is 12.0. The van der Waals surface area contributed by atoms with Crippen molar-refractivity contribution in [3.05, 3.63) is 69.0 Å². The highest BCUT2D eigenvalue weighted by atomic mass is 35.5. The first-order valence-corrected chi connectivity index (χ1v) is 8.06. The predicted molar refractivity (Wildman–Crippen MR) is 83.7 cm³/mol. The lowest BCUT2D eigenvalue weighted by Gasteiger charge is -2.05. The Labute approximate surface area is 133 Å². The second-order valence-electron chi connectivity index (χ2n) is 4.07. The first-order chi connectivity index (χ1) is 9.96. The maximum atomic E-state index is 12.4. The van der Waals surface area contributed by atoms with Gasteiger partial charge in [-0.3, -0.25) is 0 Å². The molecule has 0 aliphatic heterocycles. The van der Waals surface area contributed by atoms with Crippen molar-refractivity contribution in [2.75, 3.05) is 0 Å². The van der Waals surface area contributed by atoms with Crippen molar-refractivity contribution in [2.45, 2.75) is 4.90 Å². The molecule has 0 atom stereocenters. The van der Waals surface area contributed by atoms with Crippen LogP contribution in [0.2, 0.25) is 10.0 Å². The molecular weight excluding hydrogens is 329 g/mol. The van der Waals surface area contributed by atoms with Crippen molar-refractivity contribution in [3.8, 4) is 6.07 Å². The van der Waals surface area contributed by atoms with Gasteiger partial charge in [-0.25, -0.2) is 8.42 Å². The van der Waals surface area contributed by atoms with Gasteiger partial charge < -0.3 is 0 Å². The highest BCUT2D eigenvalue weighted by Gasteiger charge is 2.21. The summed E-state index contributed by atoms with van der Waals surface area (Å²) in [6.07, 6.45) is 1.19. The van der Waals surface area contributed by atoms with Gasteiger partial charge in [0, 0.05) is 15.6 Å². The molecule has 0 amide bonds. The van der Waals surface area contributed by atoms with Gasteiger partial charge in [-0.15, -0.1) is 0 Å². The molecule has 3 nitrogen and oxygen atoms in total. The van der Waals surface area contributed by atoms with Crippen LogP contribution in [0, 0.1) is 11.3 Å². The lowest BCUT2D eigenvalue weighted by atomic mass is 10.2. The quantitative estimate of drug-likeness (QED) is 0.783. The molecule has 0 aliphatic rings. The molecule has 2 aromatic rings. The molecule has 2 rings (SSSR count). The van der Waals surface area contributed by atoms with Gasteiger partial charge in [-0.2, -0.15) is 5.26 Å². The predicted octanol–water partition coefficient (Wildman–Crippen LogP) is 4.33. The molecule has 0 aliphatic carbocycles. The molecule has 0 spiro atoms. The summed E-state index contributed by atoms with van der Waals surface area (Å²) in [6, 6.07) is 14.2. The Morgan fingerprint density at radius 1 is 1.00 bits per heavy atom. The van der Waals surface area contributed by atoms with Crippen molar-refractivity contribution in [1.29, 1.82) is 5.26 Å². The van der Waals surface area contributed by atoms with E-state index in [1.165, 1.54) is 18.2 Å². The van der Waals surface area contributed by atoms with Gasteiger partial charge in [0.15, 0.2) is 0 Å². The van der Waals surface area contributed by atoms with Crippen LogP contribution in [0.25, 0.3) is 6.08 Å². The summed E-state index contributed by atoms with van der Waals surface area (Å²) in [6.45, 7) is 0. The summed E-state index contributed by atoms with van der Waals surface area (Å²) in [7, 11) is -3.90. The minimum absolute atomic E-state index is 0.0426. The zero-order valence-corrected chi connectivity index (χ0v) is 13.0. The van der Waals surface area contributed by atoms with Gasteiger partial charge >= 0.3 is 0 Å². The Kier molecular flexibility index (Phi) is 4.69. The van der Waals surface area contributed by atoms with E-state index in [4.69, 9.17) is 23.2 Å². The average molecular weight is 338 g/mol. The number of hydrogen-bond donors (Lipinski definition) is 0. The Hall–Kier alpha value is -1.80. The number of nitrogens with zero attached hydrogens (tertiary/aromatic N) is 1. The molecule has 106 valence electrons. The van der Waals surface area contributed by atoms with Gasteiger partial charge in [-0.05, 0) is 30.3 Å². The summed E-state index contributed by atoms with van der Waals surface area (Å²) in [5.41, 5.74) is 0.303.